The van der Waals surface area contributed by atoms with Gasteiger partial charge < -0.3 is 15.8 Å². The summed E-state index contributed by atoms with van der Waals surface area (Å²) in [6, 6.07) is 8.36. The summed E-state index contributed by atoms with van der Waals surface area (Å²) < 4.78 is 4.71. The molecule has 0 saturated carbocycles. The van der Waals surface area contributed by atoms with Crippen molar-refractivity contribution in [2.45, 2.75) is 19.4 Å². The van der Waals surface area contributed by atoms with Crippen LogP contribution in [0.15, 0.2) is 30.3 Å². The van der Waals surface area contributed by atoms with Crippen LogP contribution in [0.25, 0.3) is 0 Å². The number of anilines is 1. The van der Waals surface area contributed by atoms with Crippen molar-refractivity contribution in [3.63, 3.8) is 0 Å². The first kappa shape index (κ1) is 13.2. The number of amides is 1. The van der Waals surface area contributed by atoms with E-state index in [4.69, 9.17) is 10.5 Å². The lowest BCUT2D eigenvalue weighted by molar-refractivity contribution is -0.141. The Labute approximate surface area is 99.9 Å². The van der Waals surface area contributed by atoms with E-state index in [0.717, 1.165) is 0 Å². The summed E-state index contributed by atoms with van der Waals surface area (Å²) in [6.45, 7) is 1.47. The first-order valence-corrected chi connectivity index (χ1v) is 5.34. The van der Waals surface area contributed by atoms with Crippen LogP contribution in [0.2, 0.25) is 0 Å². The molecule has 1 amide bonds. The van der Waals surface area contributed by atoms with Gasteiger partial charge in [0.05, 0.1) is 12.6 Å². The Balaban J connectivity index is 2.34. The Hall–Kier alpha value is -1.88. The van der Waals surface area contributed by atoms with Gasteiger partial charge in [-0.25, -0.2) is 0 Å². The highest BCUT2D eigenvalue weighted by Crippen LogP contribution is 2.05. The molecule has 1 aromatic rings. The second kappa shape index (κ2) is 6.65. The molecule has 3 N–H and O–H groups in total. The van der Waals surface area contributed by atoms with Gasteiger partial charge in [-0.1, -0.05) is 18.2 Å². The third kappa shape index (κ3) is 5.12. The van der Waals surface area contributed by atoms with Crippen molar-refractivity contribution in [1.82, 2.24) is 0 Å². The molecular formula is C12H16N2O3. The number of nitrogens with one attached hydrogen (secondary N) is 1. The number of hydrogen-bond donors (Lipinski definition) is 2. The van der Waals surface area contributed by atoms with Crippen LogP contribution in [0.4, 0.5) is 5.69 Å². The van der Waals surface area contributed by atoms with Gasteiger partial charge in [0.15, 0.2) is 0 Å². The Morgan fingerprint density at radius 2 is 2.00 bits per heavy atom. The maximum Gasteiger partial charge on any atom is 0.302 e. The average Bonchev–Trinajstić information content (AvgIpc) is 2.29. The van der Waals surface area contributed by atoms with Crippen molar-refractivity contribution >= 4 is 17.6 Å². The van der Waals surface area contributed by atoms with Gasteiger partial charge in [-0.2, -0.15) is 0 Å². The Bertz CT molecular complexity index is 379. The fraction of sp³-hybridized carbons (Fsp3) is 0.333. The van der Waals surface area contributed by atoms with Crippen LogP contribution in [-0.2, 0) is 14.3 Å². The van der Waals surface area contributed by atoms with Gasteiger partial charge in [0.2, 0.25) is 5.91 Å². The molecule has 17 heavy (non-hydrogen) atoms. The fourth-order valence-corrected chi connectivity index (χ4v) is 1.22. The summed E-state index contributed by atoms with van der Waals surface area (Å²) in [5, 5.41) is 2.68. The van der Waals surface area contributed by atoms with Crippen molar-refractivity contribution in [1.29, 1.82) is 0 Å². The van der Waals surface area contributed by atoms with Gasteiger partial charge >= 0.3 is 5.97 Å². The van der Waals surface area contributed by atoms with Crippen molar-refractivity contribution in [2.75, 3.05) is 11.9 Å². The molecule has 1 unspecified atom stereocenters. The summed E-state index contributed by atoms with van der Waals surface area (Å²) in [7, 11) is 0. The maximum atomic E-state index is 11.6. The van der Waals surface area contributed by atoms with Gasteiger partial charge in [-0.3, -0.25) is 9.59 Å². The van der Waals surface area contributed by atoms with E-state index < -0.39 is 6.04 Å². The summed E-state index contributed by atoms with van der Waals surface area (Å²) in [4.78, 5) is 22.1. The minimum atomic E-state index is -0.686. The van der Waals surface area contributed by atoms with Crippen LogP contribution in [0.3, 0.4) is 0 Å². The molecule has 0 aliphatic heterocycles. The SMILES string of the molecule is CC(=O)OCCC(N)C(=O)Nc1ccccc1. The Kier molecular flexibility index (Phi) is 5.16. The second-order valence-corrected chi connectivity index (χ2v) is 3.59. The molecule has 1 aromatic carbocycles. The number of benzene rings is 1. The van der Waals surface area contributed by atoms with E-state index in [9.17, 15) is 9.59 Å². The zero-order valence-corrected chi connectivity index (χ0v) is 9.68. The highest BCUT2D eigenvalue weighted by Gasteiger charge is 2.13. The van der Waals surface area contributed by atoms with Gasteiger partial charge in [0.25, 0.3) is 0 Å². The van der Waals surface area contributed by atoms with Gasteiger partial charge in [0.1, 0.15) is 0 Å². The lowest BCUT2D eigenvalue weighted by Gasteiger charge is -2.11. The molecule has 92 valence electrons. The average molecular weight is 236 g/mol. The molecule has 0 fully saturated rings. The fourth-order valence-electron chi connectivity index (χ4n) is 1.22. The number of carbonyl (C=O) groups excluding carboxylic acids is 2. The van der Waals surface area contributed by atoms with Gasteiger partial charge in [-0.05, 0) is 12.1 Å². The van der Waals surface area contributed by atoms with E-state index in [1.165, 1.54) is 6.92 Å². The molecule has 0 saturated heterocycles. The first-order valence-electron chi connectivity index (χ1n) is 5.34. The topological polar surface area (TPSA) is 81.4 Å². The lowest BCUT2D eigenvalue weighted by atomic mass is 10.2. The van der Waals surface area contributed by atoms with E-state index in [1.54, 1.807) is 12.1 Å². The standard InChI is InChI=1S/C12H16N2O3/c1-9(15)17-8-7-11(13)12(16)14-10-5-3-2-4-6-10/h2-6,11H,7-8,13H2,1H3,(H,14,16). The van der Waals surface area contributed by atoms with Crippen molar-refractivity contribution in [2.24, 2.45) is 5.73 Å². The number of hydrogen-bond acceptors (Lipinski definition) is 4. The third-order valence-electron chi connectivity index (χ3n) is 2.11. The number of esters is 1. The normalized spacial score (nSPS) is 11.6. The number of carbonyl (C=O) groups is 2. The quantitative estimate of drug-likeness (QED) is 0.744. The molecular weight excluding hydrogens is 220 g/mol. The van der Waals surface area contributed by atoms with Crippen LogP contribution >= 0.6 is 0 Å². The van der Waals surface area contributed by atoms with Crippen LogP contribution in [0.1, 0.15) is 13.3 Å². The molecule has 0 spiro atoms. The van der Waals surface area contributed by atoms with E-state index in [1.807, 2.05) is 18.2 Å². The molecule has 0 aliphatic rings. The molecule has 0 bridgehead atoms. The molecule has 1 rings (SSSR count). The number of rotatable bonds is 5. The largest absolute Gasteiger partial charge is 0.466 e. The minimum Gasteiger partial charge on any atom is -0.466 e. The third-order valence-corrected chi connectivity index (χ3v) is 2.11. The molecule has 0 heterocycles. The molecule has 1 atom stereocenters. The number of nitrogens with two attached hydrogens (primary N) is 1. The van der Waals surface area contributed by atoms with E-state index >= 15 is 0 Å². The van der Waals surface area contributed by atoms with E-state index in [2.05, 4.69) is 5.32 Å². The Morgan fingerprint density at radius 1 is 1.35 bits per heavy atom. The maximum absolute atomic E-state index is 11.6. The second-order valence-electron chi connectivity index (χ2n) is 3.59. The molecule has 5 nitrogen and oxygen atoms in total. The van der Waals surface area contributed by atoms with Crippen LogP contribution < -0.4 is 11.1 Å². The lowest BCUT2D eigenvalue weighted by Crippen LogP contribution is -2.36. The summed E-state index contributed by atoms with van der Waals surface area (Å²) >= 11 is 0. The van der Waals surface area contributed by atoms with Crippen molar-refractivity contribution in [3.05, 3.63) is 30.3 Å². The highest BCUT2D eigenvalue weighted by atomic mass is 16.5. The predicted octanol–water partition coefficient (Wildman–Crippen LogP) is 0.906. The summed E-state index contributed by atoms with van der Waals surface area (Å²) in [5.41, 5.74) is 6.34. The highest BCUT2D eigenvalue weighted by molar-refractivity contribution is 5.94. The van der Waals surface area contributed by atoms with E-state index in [-0.39, 0.29) is 18.5 Å². The molecule has 0 aromatic heterocycles. The van der Waals surface area contributed by atoms with Gasteiger partial charge in [-0.15, -0.1) is 0 Å². The van der Waals surface area contributed by atoms with E-state index in [0.29, 0.717) is 12.1 Å². The van der Waals surface area contributed by atoms with Gasteiger partial charge in [0, 0.05) is 19.0 Å². The zero-order chi connectivity index (χ0) is 12.7. The summed E-state index contributed by atoms with van der Waals surface area (Å²) in [6.07, 6.45) is 0.304. The molecule has 5 heteroatoms. The number of para-hydroxylation sites is 1. The van der Waals surface area contributed by atoms with Crippen molar-refractivity contribution in [3.8, 4) is 0 Å². The smallest absolute Gasteiger partial charge is 0.302 e. The predicted molar refractivity (Wildman–Crippen MR) is 64.3 cm³/mol. The van der Waals surface area contributed by atoms with Crippen LogP contribution in [0, 0.1) is 0 Å². The van der Waals surface area contributed by atoms with Crippen molar-refractivity contribution < 1.29 is 14.3 Å². The first-order chi connectivity index (χ1) is 8.09. The zero-order valence-electron chi connectivity index (χ0n) is 9.68. The monoisotopic (exact) mass is 236 g/mol. The molecule has 0 radical (unpaired) electrons. The number of ether oxygens (including phenoxy) is 1. The molecule has 0 aliphatic carbocycles. The van der Waals surface area contributed by atoms with Crippen LogP contribution in [-0.4, -0.2) is 24.5 Å². The minimum absolute atomic E-state index is 0.151. The summed E-state index contributed by atoms with van der Waals surface area (Å²) in [5.74, 6) is -0.663. The van der Waals surface area contributed by atoms with Crippen LogP contribution in [0.5, 0.6) is 0 Å². The Morgan fingerprint density at radius 3 is 2.59 bits per heavy atom.